The van der Waals surface area contributed by atoms with Gasteiger partial charge in [-0.15, -0.1) is 0 Å². The monoisotopic (exact) mass is 396 g/mol. The summed E-state index contributed by atoms with van der Waals surface area (Å²) in [6.07, 6.45) is 0. The Labute approximate surface area is 167 Å². The van der Waals surface area contributed by atoms with Crippen LogP contribution in [-0.4, -0.2) is 30.5 Å². The average molecular weight is 396 g/mol. The summed E-state index contributed by atoms with van der Waals surface area (Å²) in [7, 11) is 1.48. The highest BCUT2D eigenvalue weighted by Crippen LogP contribution is 2.19. The minimum Gasteiger partial charge on any atom is -0.618 e. The molecule has 3 rings (SSSR count). The van der Waals surface area contributed by atoms with E-state index in [-0.39, 0.29) is 23.5 Å². The summed E-state index contributed by atoms with van der Waals surface area (Å²) in [5, 5.41) is 12.7. The number of Topliss-reactive ketones (excluding diaryl/α,β-unsaturated/α-hetero) is 1. The molecular weight excluding hydrogens is 376 g/mol. The number of nitrogens with zero attached hydrogens (tertiary/aromatic N) is 2. The molecule has 2 aromatic carbocycles. The van der Waals surface area contributed by atoms with Gasteiger partial charge in [-0.3, -0.25) is 4.79 Å². The number of benzene rings is 2. The highest BCUT2D eigenvalue weighted by atomic mass is 16.5. The van der Waals surface area contributed by atoms with Crippen molar-refractivity contribution in [3.05, 3.63) is 64.6 Å². The van der Waals surface area contributed by atoms with Gasteiger partial charge in [0.25, 0.3) is 5.69 Å². The van der Waals surface area contributed by atoms with Crippen molar-refractivity contribution < 1.29 is 28.5 Å². The third-order valence-corrected chi connectivity index (χ3v) is 4.21. The summed E-state index contributed by atoms with van der Waals surface area (Å²) in [4.78, 5) is 28.7. The highest BCUT2D eigenvalue weighted by Gasteiger charge is 2.24. The number of esters is 1. The first-order valence-electron chi connectivity index (χ1n) is 8.95. The minimum absolute atomic E-state index is 0.0875. The molecule has 0 unspecified atom stereocenters. The van der Waals surface area contributed by atoms with Crippen LogP contribution in [0.5, 0.6) is 11.5 Å². The molecule has 0 aliphatic heterocycles. The summed E-state index contributed by atoms with van der Waals surface area (Å²) in [6.45, 7) is 3.33. The van der Waals surface area contributed by atoms with Gasteiger partial charge >= 0.3 is 5.97 Å². The van der Waals surface area contributed by atoms with Gasteiger partial charge in [0, 0.05) is 6.92 Å². The average Bonchev–Trinajstić information content (AvgIpc) is 2.72. The SMILES string of the molecule is CCOc1ccc(C(=O)OCc2nc3ccc(OC)cc3[n+]([O-])c2C(C)=O)cc1. The van der Waals surface area contributed by atoms with Gasteiger partial charge in [-0.25, -0.2) is 9.78 Å². The lowest BCUT2D eigenvalue weighted by Gasteiger charge is -2.11. The molecule has 0 amide bonds. The number of aromatic nitrogens is 2. The maximum atomic E-state index is 12.7. The maximum absolute atomic E-state index is 12.7. The van der Waals surface area contributed by atoms with E-state index < -0.39 is 11.8 Å². The number of ether oxygens (including phenoxy) is 3. The van der Waals surface area contributed by atoms with Crippen molar-refractivity contribution in [2.45, 2.75) is 20.5 Å². The van der Waals surface area contributed by atoms with Crippen LogP contribution in [0.1, 0.15) is 40.4 Å². The van der Waals surface area contributed by atoms with Crippen LogP contribution in [0.15, 0.2) is 42.5 Å². The first kappa shape index (κ1) is 20.1. The van der Waals surface area contributed by atoms with Gasteiger partial charge < -0.3 is 19.4 Å². The number of hydrogen-bond donors (Lipinski definition) is 0. The van der Waals surface area contributed by atoms with Crippen LogP contribution in [0, 0.1) is 5.21 Å². The van der Waals surface area contributed by atoms with Crippen molar-refractivity contribution in [1.29, 1.82) is 0 Å². The van der Waals surface area contributed by atoms with Crippen molar-refractivity contribution in [3.63, 3.8) is 0 Å². The fraction of sp³-hybridized carbons (Fsp3) is 0.238. The zero-order valence-electron chi connectivity index (χ0n) is 16.3. The van der Waals surface area contributed by atoms with Gasteiger partial charge in [-0.1, -0.05) is 0 Å². The van der Waals surface area contributed by atoms with Crippen LogP contribution < -0.4 is 14.2 Å². The van der Waals surface area contributed by atoms with E-state index in [2.05, 4.69) is 4.98 Å². The molecule has 29 heavy (non-hydrogen) atoms. The first-order chi connectivity index (χ1) is 13.9. The number of carbonyl (C=O) groups excluding carboxylic acids is 2. The van der Waals surface area contributed by atoms with Crippen LogP contribution in [0.25, 0.3) is 11.0 Å². The first-order valence-corrected chi connectivity index (χ1v) is 8.95. The number of carbonyl (C=O) groups is 2. The van der Waals surface area contributed by atoms with E-state index >= 15 is 0 Å². The van der Waals surface area contributed by atoms with E-state index in [0.717, 1.165) is 0 Å². The van der Waals surface area contributed by atoms with Gasteiger partial charge in [-0.05, 0) is 43.3 Å². The molecule has 3 aromatic rings. The van der Waals surface area contributed by atoms with E-state index in [1.165, 1.54) is 20.1 Å². The number of hydrogen-bond acceptors (Lipinski definition) is 7. The highest BCUT2D eigenvalue weighted by molar-refractivity contribution is 5.93. The predicted octanol–water partition coefficient (Wildman–Crippen LogP) is 2.84. The molecule has 0 N–H and O–H groups in total. The Morgan fingerprint density at radius 2 is 1.79 bits per heavy atom. The molecule has 0 fully saturated rings. The zero-order chi connectivity index (χ0) is 21.0. The Balaban J connectivity index is 1.87. The Morgan fingerprint density at radius 1 is 1.10 bits per heavy atom. The Bertz CT molecular complexity index is 1060. The smallest absolute Gasteiger partial charge is 0.338 e. The molecule has 0 saturated carbocycles. The standard InChI is InChI=1S/C21H20N2O6/c1-4-28-15-7-5-14(6-8-15)21(25)29-12-18-20(13(2)24)23(26)19-11-16(27-3)9-10-17(19)22-18/h5-11H,4,12H2,1-3H3. The van der Waals surface area contributed by atoms with Crippen molar-refractivity contribution in [2.75, 3.05) is 13.7 Å². The minimum atomic E-state index is -0.600. The third-order valence-electron chi connectivity index (χ3n) is 4.21. The Hall–Kier alpha value is -3.68. The molecular formula is C21H20N2O6. The van der Waals surface area contributed by atoms with Gasteiger partial charge in [0.1, 0.15) is 23.6 Å². The van der Waals surface area contributed by atoms with Crippen LogP contribution in [0.3, 0.4) is 0 Å². The molecule has 8 nitrogen and oxygen atoms in total. The van der Waals surface area contributed by atoms with Gasteiger partial charge in [0.2, 0.25) is 11.3 Å². The molecule has 0 aliphatic rings. The zero-order valence-corrected chi connectivity index (χ0v) is 16.3. The van der Waals surface area contributed by atoms with Gasteiger partial charge in [-0.2, -0.15) is 4.73 Å². The van der Waals surface area contributed by atoms with Crippen LogP contribution in [0.4, 0.5) is 0 Å². The molecule has 8 heteroatoms. The lowest BCUT2D eigenvalue weighted by molar-refractivity contribution is -0.580. The Morgan fingerprint density at radius 3 is 2.41 bits per heavy atom. The Kier molecular flexibility index (Phi) is 5.92. The topological polar surface area (TPSA) is 102 Å². The van der Waals surface area contributed by atoms with Crippen molar-refractivity contribution in [3.8, 4) is 11.5 Å². The normalized spacial score (nSPS) is 10.6. The largest absolute Gasteiger partial charge is 0.618 e. The van der Waals surface area contributed by atoms with Crippen molar-refractivity contribution in [1.82, 2.24) is 4.98 Å². The number of fused-ring (bicyclic) bond motifs is 1. The van der Waals surface area contributed by atoms with E-state index in [0.29, 0.717) is 33.9 Å². The third kappa shape index (κ3) is 4.26. The molecule has 150 valence electrons. The summed E-state index contributed by atoms with van der Waals surface area (Å²) in [5.41, 5.74) is 0.780. The molecule has 0 saturated heterocycles. The maximum Gasteiger partial charge on any atom is 0.338 e. The van der Waals surface area contributed by atoms with E-state index in [1.807, 2.05) is 6.92 Å². The van der Waals surface area contributed by atoms with Crippen molar-refractivity contribution in [2.24, 2.45) is 0 Å². The van der Waals surface area contributed by atoms with E-state index in [1.54, 1.807) is 36.4 Å². The van der Waals surface area contributed by atoms with Crippen molar-refractivity contribution >= 4 is 22.8 Å². The van der Waals surface area contributed by atoms with Crippen LogP contribution in [-0.2, 0) is 11.3 Å². The second kappa shape index (κ2) is 8.55. The number of methoxy groups -OCH3 is 1. The number of rotatable bonds is 7. The fourth-order valence-electron chi connectivity index (χ4n) is 2.84. The second-order valence-corrected chi connectivity index (χ2v) is 6.15. The lowest BCUT2D eigenvalue weighted by Crippen LogP contribution is -2.37. The van der Waals surface area contributed by atoms with E-state index in [4.69, 9.17) is 14.2 Å². The lowest BCUT2D eigenvalue weighted by atomic mass is 10.2. The molecule has 0 aliphatic carbocycles. The molecule has 0 bridgehead atoms. The molecule has 1 aromatic heterocycles. The summed E-state index contributed by atoms with van der Waals surface area (Å²) < 4.78 is 16.2. The quantitative estimate of drug-likeness (QED) is 0.262. The summed E-state index contributed by atoms with van der Waals surface area (Å²) in [5.74, 6) is 0.0241. The molecule has 0 spiro atoms. The second-order valence-electron chi connectivity index (χ2n) is 6.15. The summed E-state index contributed by atoms with van der Waals surface area (Å²) >= 11 is 0. The number of ketones is 1. The predicted molar refractivity (Wildman–Crippen MR) is 104 cm³/mol. The molecule has 0 radical (unpaired) electrons. The fourth-order valence-corrected chi connectivity index (χ4v) is 2.84. The molecule has 1 heterocycles. The van der Waals surface area contributed by atoms with Crippen LogP contribution in [0.2, 0.25) is 0 Å². The van der Waals surface area contributed by atoms with E-state index in [9.17, 15) is 14.8 Å². The molecule has 0 atom stereocenters. The van der Waals surface area contributed by atoms with Gasteiger partial charge in [0.05, 0.1) is 25.3 Å². The van der Waals surface area contributed by atoms with Gasteiger partial charge in [0.15, 0.2) is 5.69 Å². The summed E-state index contributed by atoms with van der Waals surface area (Å²) in [6, 6.07) is 11.2. The van der Waals surface area contributed by atoms with Crippen LogP contribution >= 0.6 is 0 Å².